The van der Waals surface area contributed by atoms with Crippen LogP contribution in [0, 0.1) is 0 Å². The second kappa shape index (κ2) is 6.86. The summed E-state index contributed by atoms with van der Waals surface area (Å²) in [5.41, 5.74) is 6.13. The Bertz CT molecular complexity index is 912. The summed E-state index contributed by atoms with van der Waals surface area (Å²) in [5, 5.41) is 3.00. The summed E-state index contributed by atoms with van der Waals surface area (Å²) in [6.07, 6.45) is 5.19. The van der Waals surface area contributed by atoms with E-state index in [1.54, 1.807) is 12.5 Å². The van der Waals surface area contributed by atoms with Crippen LogP contribution in [0.1, 0.15) is 5.56 Å². The molecule has 0 unspecified atom stereocenters. The lowest BCUT2D eigenvalue weighted by atomic mass is 10.2. The summed E-state index contributed by atoms with van der Waals surface area (Å²) in [6.45, 7) is 1.39. The Labute approximate surface area is 137 Å². The van der Waals surface area contributed by atoms with E-state index in [9.17, 15) is 9.59 Å². The van der Waals surface area contributed by atoms with Gasteiger partial charge in [0.25, 0.3) is 5.56 Å². The van der Waals surface area contributed by atoms with E-state index in [0.29, 0.717) is 19.6 Å². The summed E-state index contributed by atoms with van der Waals surface area (Å²) in [7, 11) is 0. The van der Waals surface area contributed by atoms with Crippen LogP contribution in [0.2, 0.25) is 0 Å². The number of benzene rings is 1. The number of nitrogens with one attached hydrogen (secondary N) is 2. The summed E-state index contributed by atoms with van der Waals surface area (Å²) in [5.74, 6) is 0.123. The first kappa shape index (κ1) is 15.6. The van der Waals surface area contributed by atoms with Crippen LogP contribution in [0.4, 0.5) is 11.5 Å². The van der Waals surface area contributed by atoms with Crippen LogP contribution in [0.3, 0.4) is 0 Å². The lowest BCUT2D eigenvalue weighted by molar-refractivity contribution is 0.714. The molecule has 3 rings (SSSR count). The molecular weight excluding hydrogens is 308 g/mol. The van der Waals surface area contributed by atoms with Crippen LogP contribution in [0.5, 0.6) is 0 Å². The summed E-state index contributed by atoms with van der Waals surface area (Å²) in [4.78, 5) is 30.3. The van der Waals surface area contributed by atoms with E-state index in [2.05, 4.69) is 15.3 Å². The molecule has 3 aromatic rings. The van der Waals surface area contributed by atoms with Crippen molar-refractivity contribution in [3.63, 3.8) is 0 Å². The van der Waals surface area contributed by atoms with Gasteiger partial charge >= 0.3 is 5.69 Å². The molecular formula is C16H18N6O2. The van der Waals surface area contributed by atoms with Crippen molar-refractivity contribution in [2.24, 2.45) is 0 Å². The number of imidazole rings is 1. The quantitative estimate of drug-likeness (QED) is 0.610. The predicted octanol–water partition coefficient (Wildman–Crippen LogP) is 0.476. The fraction of sp³-hybridized carbons (Fsp3) is 0.188. The van der Waals surface area contributed by atoms with Crippen LogP contribution < -0.4 is 22.3 Å². The molecule has 0 aliphatic carbocycles. The van der Waals surface area contributed by atoms with Gasteiger partial charge in [0.15, 0.2) is 0 Å². The van der Waals surface area contributed by atoms with Crippen molar-refractivity contribution in [2.45, 2.75) is 13.1 Å². The van der Waals surface area contributed by atoms with Gasteiger partial charge in [0.1, 0.15) is 11.5 Å². The Morgan fingerprint density at radius 1 is 1.21 bits per heavy atom. The van der Waals surface area contributed by atoms with Crippen LogP contribution in [0.15, 0.2) is 58.6 Å². The lowest BCUT2D eigenvalue weighted by Gasteiger charge is -2.14. The molecule has 0 bridgehead atoms. The van der Waals surface area contributed by atoms with Crippen molar-refractivity contribution in [2.75, 3.05) is 17.6 Å². The first-order valence-electron chi connectivity index (χ1n) is 7.51. The Balaban J connectivity index is 1.82. The summed E-state index contributed by atoms with van der Waals surface area (Å²) in [6, 6.07) is 9.44. The van der Waals surface area contributed by atoms with Gasteiger partial charge in [0.05, 0.1) is 12.9 Å². The average Bonchev–Trinajstić information content (AvgIpc) is 3.09. The van der Waals surface area contributed by atoms with E-state index in [0.717, 1.165) is 5.56 Å². The molecule has 2 aromatic heterocycles. The first-order valence-corrected chi connectivity index (χ1v) is 7.51. The van der Waals surface area contributed by atoms with E-state index in [1.807, 2.05) is 41.1 Å². The maximum atomic E-state index is 12.1. The van der Waals surface area contributed by atoms with Gasteiger partial charge in [-0.2, -0.15) is 0 Å². The van der Waals surface area contributed by atoms with Crippen LogP contribution >= 0.6 is 0 Å². The second-order valence-corrected chi connectivity index (χ2v) is 5.32. The van der Waals surface area contributed by atoms with Gasteiger partial charge in [-0.1, -0.05) is 30.3 Å². The number of nitrogens with two attached hydrogens (primary N) is 1. The fourth-order valence-electron chi connectivity index (χ4n) is 2.41. The molecule has 0 amide bonds. The minimum Gasteiger partial charge on any atom is -0.383 e. The maximum Gasteiger partial charge on any atom is 0.330 e. The topological polar surface area (TPSA) is 111 Å². The zero-order valence-electron chi connectivity index (χ0n) is 13.0. The molecule has 0 atom stereocenters. The van der Waals surface area contributed by atoms with Crippen molar-refractivity contribution in [1.82, 2.24) is 19.1 Å². The van der Waals surface area contributed by atoms with Gasteiger partial charge in [-0.3, -0.25) is 14.3 Å². The fourth-order valence-corrected chi connectivity index (χ4v) is 2.41. The molecule has 0 saturated heterocycles. The van der Waals surface area contributed by atoms with Gasteiger partial charge in [-0.25, -0.2) is 9.78 Å². The van der Waals surface area contributed by atoms with E-state index >= 15 is 0 Å². The van der Waals surface area contributed by atoms with Gasteiger partial charge < -0.3 is 15.6 Å². The van der Waals surface area contributed by atoms with Crippen molar-refractivity contribution in [1.29, 1.82) is 0 Å². The molecule has 0 saturated carbocycles. The summed E-state index contributed by atoms with van der Waals surface area (Å²) >= 11 is 0. The largest absolute Gasteiger partial charge is 0.383 e. The number of nitrogen functional groups attached to an aromatic ring is 1. The molecule has 124 valence electrons. The van der Waals surface area contributed by atoms with Crippen LogP contribution in [-0.4, -0.2) is 25.6 Å². The maximum absolute atomic E-state index is 12.1. The highest BCUT2D eigenvalue weighted by atomic mass is 16.2. The van der Waals surface area contributed by atoms with E-state index in [-0.39, 0.29) is 11.5 Å². The number of rotatable bonds is 6. The minimum absolute atomic E-state index is 0.123. The molecule has 2 heterocycles. The lowest BCUT2D eigenvalue weighted by Crippen LogP contribution is -2.34. The van der Waals surface area contributed by atoms with Gasteiger partial charge in [-0.15, -0.1) is 0 Å². The van der Waals surface area contributed by atoms with E-state index in [1.165, 1.54) is 4.57 Å². The molecule has 1 aromatic carbocycles. The highest BCUT2D eigenvalue weighted by Gasteiger charge is 2.12. The van der Waals surface area contributed by atoms with Crippen molar-refractivity contribution in [3.8, 4) is 0 Å². The standard InChI is InChI=1S/C16H18N6O2/c17-14-13(19-7-9-21-8-6-18-11-21)15(23)20-16(24)22(14)10-12-4-2-1-3-5-12/h1-6,8,11,19H,7,9-10,17H2,(H,20,23,24). The molecule has 0 radical (unpaired) electrons. The normalized spacial score (nSPS) is 10.7. The number of H-pyrrole nitrogens is 1. The highest BCUT2D eigenvalue weighted by Crippen LogP contribution is 2.12. The smallest absolute Gasteiger partial charge is 0.330 e. The number of hydrogen-bond acceptors (Lipinski definition) is 5. The van der Waals surface area contributed by atoms with Gasteiger partial charge in [0, 0.05) is 25.5 Å². The Kier molecular flexibility index (Phi) is 4.46. The Hall–Kier alpha value is -3.29. The van der Waals surface area contributed by atoms with Crippen LogP contribution in [0.25, 0.3) is 0 Å². The number of anilines is 2. The monoisotopic (exact) mass is 326 g/mol. The van der Waals surface area contributed by atoms with Crippen LogP contribution in [-0.2, 0) is 13.1 Å². The molecule has 8 heteroatoms. The van der Waals surface area contributed by atoms with Gasteiger partial charge in [-0.05, 0) is 5.56 Å². The third-order valence-electron chi connectivity index (χ3n) is 3.65. The third kappa shape index (κ3) is 3.37. The minimum atomic E-state index is -0.526. The van der Waals surface area contributed by atoms with Crippen molar-refractivity contribution < 1.29 is 0 Å². The first-order chi connectivity index (χ1) is 11.6. The molecule has 0 fully saturated rings. The number of hydrogen-bond donors (Lipinski definition) is 3. The van der Waals surface area contributed by atoms with Gasteiger partial charge in [0.2, 0.25) is 0 Å². The number of aromatic nitrogens is 4. The molecule has 0 aliphatic heterocycles. The average molecular weight is 326 g/mol. The Morgan fingerprint density at radius 2 is 2.00 bits per heavy atom. The van der Waals surface area contributed by atoms with Crippen molar-refractivity contribution >= 4 is 11.5 Å². The molecule has 24 heavy (non-hydrogen) atoms. The number of aromatic amines is 1. The zero-order chi connectivity index (χ0) is 16.9. The molecule has 4 N–H and O–H groups in total. The zero-order valence-corrected chi connectivity index (χ0v) is 13.0. The molecule has 0 spiro atoms. The van der Waals surface area contributed by atoms with E-state index < -0.39 is 11.2 Å². The summed E-state index contributed by atoms with van der Waals surface area (Å²) < 4.78 is 3.22. The second-order valence-electron chi connectivity index (χ2n) is 5.32. The SMILES string of the molecule is Nc1c(NCCn2ccnc2)c(=O)[nH]c(=O)n1Cc1ccccc1. The van der Waals surface area contributed by atoms with Crippen molar-refractivity contribution in [3.05, 3.63) is 75.5 Å². The number of nitrogens with zero attached hydrogens (tertiary/aromatic N) is 3. The highest BCUT2D eigenvalue weighted by molar-refractivity contribution is 5.60. The van der Waals surface area contributed by atoms with E-state index in [4.69, 9.17) is 5.73 Å². The molecule has 0 aliphatic rings. The molecule has 8 nitrogen and oxygen atoms in total. The predicted molar refractivity (Wildman–Crippen MR) is 92.0 cm³/mol. The Morgan fingerprint density at radius 3 is 2.71 bits per heavy atom. The third-order valence-corrected chi connectivity index (χ3v) is 3.65.